The van der Waals surface area contributed by atoms with Crippen molar-refractivity contribution in [1.82, 2.24) is 0 Å². The third kappa shape index (κ3) is 2.15. The molecule has 1 heterocycles. The number of anilines is 1. The summed E-state index contributed by atoms with van der Waals surface area (Å²) in [6, 6.07) is 11.9. The van der Waals surface area contributed by atoms with Gasteiger partial charge in [-0.15, -0.1) is 0 Å². The number of fused-ring (bicyclic) bond motifs is 1. The number of hydrogen-bond donors (Lipinski definition) is 0. The number of carbonyl (C=O) groups is 2. The topological polar surface area (TPSA) is 37.4 Å². The van der Waals surface area contributed by atoms with E-state index >= 15 is 0 Å². The molecule has 3 nitrogen and oxygen atoms in total. The van der Waals surface area contributed by atoms with Crippen molar-refractivity contribution >= 4 is 17.4 Å². The van der Waals surface area contributed by atoms with Crippen molar-refractivity contribution in [2.45, 2.75) is 27.3 Å². The van der Waals surface area contributed by atoms with Gasteiger partial charge in [-0.3, -0.25) is 9.59 Å². The molecule has 0 radical (unpaired) electrons. The Kier molecular flexibility index (Phi) is 3.13. The molecule has 21 heavy (non-hydrogen) atoms. The van der Waals surface area contributed by atoms with Crippen LogP contribution < -0.4 is 4.90 Å². The second-order valence-corrected chi connectivity index (χ2v) is 5.63. The summed E-state index contributed by atoms with van der Waals surface area (Å²) in [5, 5.41) is 0. The predicted octanol–water partition coefficient (Wildman–Crippen LogP) is 3.34. The number of amides is 1. The van der Waals surface area contributed by atoms with Crippen molar-refractivity contribution in [2.75, 3.05) is 4.90 Å². The summed E-state index contributed by atoms with van der Waals surface area (Å²) in [5.74, 6) is -0.818. The van der Waals surface area contributed by atoms with Gasteiger partial charge in [-0.1, -0.05) is 42.0 Å². The maximum absolute atomic E-state index is 12.3. The highest BCUT2D eigenvalue weighted by Crippen LogP contribution is 2.35. The van der Waals surface area contributed by atoms with Crippen molar-refractivity contribution in [3.8, 4) is 0 Å². The first kappa shape index (κ1) is 13.6. The van der Waals surface area contributed by atoms with Crippen LogP contribution in [-0.4, -0.2) is 11.7 Å². The van der Waals surface area contributed by atoms with Gasteiger partial charge in [0.15, 0.2) is 0 Å². The maximum atomic E-state index is 12.3. The van der Waals surface area contributed by atoms with Gasteiger partial charge in [0, 0.05) is 0 Å². The van der Waals surface area contributed by atoms with Crippen molar-refractivity contribution in [3.63, 3.8) is 0 Å². The SMILES string of the molecule is Cc1ccc(CN2C(=O)C(=O)c3c(C)ccc(C)c32)cc1. The fourth-order valence-corrected chi connectivity index (χ4v) is 2.79. The first-order valence-electron chi connectivity index (χ1n) is 7.01. The second kappa shape index (κ2) is 4.85. The van der Waals surface area contributed by atoms with E-state index in [0.717, 1.165) is 22.4 Å². The lowest BCUT2D eigenvalue weighted by Gasteiger charge is -2.19. The first-order chi connectivity index (χ1) is 9.99. The molecule has 0 spiro atoms. The van der Waals surface area contributed by atoms with E-state index in [4.69, 9.17) is 0 Å². The summed E-state index contributed by atoms with van der Waals surface area (Å²) in [5.41, 5.74) is 5.35. The van der Waals surface area contributed by atoms with Gasteiger partial charge < -0.3 is 4.90 Å². The summed E-state index contributed by atoms with van der Waals surface area (Å²) < 4.78 is 0. The molecule has 0 saturated heterocycles. The molecular formula is C18H17NO2. The molecule has 0 fully saturated rings. The average molecular weight is 279 g/mol. The van der Waals surface area contributed by atoms with Gasteiger partial charge in [-0.2, -0.15) is 0 Å². The zero-order chi connectivity index (χ0) is 15.1. The number of Topliss-reactive ketones (excluding diaryl/α,β-unsaturated/α-hetero) is 1. The van der Waals surface area contributed by atoms with Crippen LogP contribution >= 0.6 is 0 Å². The number of hydrogen-bond acceptors (Lipinski definition) is 2. The van der Waals surface area contributed by atoms with E-state index in [1.807, 2.05) is 57.2 Å². The molecule has 2 aromatic carbocycles. The molecule has 3 rings (SSSR count). The van der Waals surface area contributed by atoms with Crippen LogP contribution in [0.15, 0.2) is 36.4 Å². The lowest BCUT2D eigenvalue weighted by atomic mass is 10.0. The average Bonchev–Trinajstić information content (AvgIpc) is 2.71. The molecule has 3 heteroatoms. The molecule has 0 bridgehead atoms. The quantitative estimate of drug-likeness (QED) is 0.791. The highest BCUT2D eigenvalue weighted by atomic mass is 16.2. The highest BCUT2D eigenvalue weighted by Gasteiger charge is 2.37. The lowest BCUT2D eigenvalue weighted by Crippen LogP contribution is -2.29. The minimum atomic E-state index is -0.428. The third-order valence-electron chi connectivity index (χ3n) is 3.99. The van der Waals surface area contributed by atoms with E-state index in [-0.39, 0.29) is 0 Å². The standard InChI is InChI=1S/C18H17NO2/c1-11-4-8-14(9-5-11)10-19-16-13(3)7-6-12(2)15(16)17(20)18(19)21/h4-9H,10H2,1-3H3. The molecular weight excluding hydrogens is 262 g/mol. The Morgan fingerprint density at radius 1 is 0.857 bits per heavy atom. The van der Waals surface area contributed by atoms with Gasteiger partial charge in [0.1, 0.15) is 0 Å². The Labute approximate surface area is 124 Å². The molecule has 0 unspecified atom stereocenters. The molecule has 0 aliphatic carbocycles. The van der Waals surface area contributed by atoms with Gasteiger partial charge >= 0.3 is 0 Å². The third-order valence-corrected chi connectivity index (χ3v) is 3.99. The molecule has 1 aliphatic heterocycles. The van der Waals surface area contributed by atoms with E-state index in [1.54, 1.807) is 4.90 Å². The van der Waals surface area contributed by atoms with E-state index in [2.05, 4.69) is 0 Å². The zero-order valence-electron chi connectivity index (χ0n) is 12.4. The summed E-state index contributed by atoms with van der Waals surface area (Å²) in [4.78, 5) is 26.1. The molecule has 0 N–H and O–H groups in total. The molecule has 1 aliphatic rings. The predicted molar refractivity (Wildman–Crippen MR) is 82.6 cm³/mol. The van der Waals surface area contributed by atoms with Crippen LogP contribution in [0.25, 0.3) is 0 Å². The normalized spacial score (nSPS) is 13.8. The van der Waals surface area contributed by atoms with Crippen LogP contribution in [0, 0.1) is 20.8 Å². The Morgan fingerprint density at radius 3 is 2.14 bits per heavy atom. The van der Waals surface area contributed by atoms with Crippen LogP contribution in [0.1, 0.15) is 32.6 Å². The van der Waals surface area contributed by atoms with Crippen molar-refractivity contribution < 1.29 is 9.59 Å². The minimum absolute atomic E-state index is 0.390. The monoisotopic (exact) mass is 279 g/mol. The highest BCUT2D eigenvalue weighted by molar-refractivity contribution is 6.52. The molecule has 0 saturated carbocycles. The Hall–Kier alpha value is -2.42. The largest absolute Gasteiger partial charge is 0.300 e. The van der Waals surface area contributed by atoms with Crippen LogP contribution in [0.4, 0.5) is 5.69 Å². The lowest BCUT2D eigenvalue weighted by molar-refractivity contribution is -0.114. The molecule has 0 atom stereocenters. The Bertz CT molecular complexity index is 745. The number of ketones is 1. The molecule has 2 aromatic rings. The Morgan fingerprint density at radius 2 is 1.48 bits per heavy atom. The second-order valence-electron chi connectivity index (χ2n) is 5.63. The number of nitrogens with zero attached hydrogens (tertiary/aromatic N) is 1. The van der Waals surface area contributed by atoms with Crippen LogP contribution in [0.3, 0.4) is 0 Å². The molecule has 1 amide bonds. The van der Waals surface area contributed by atoms with Gasteiger partial charge in [0.25, 0.3) is 11.7 Å². The van der Waals surface area contributed by atoms with Crippen LogP contribution in [0.2, 0.25) is 0 Å². The fourth-order valence-electron chi connectivity index (χ4n) is 2.79. The number of benzene rings is 2. The number of carbonyl (C=O) groups excluding carboxylic acids is 2. The first-order valence-corrected chi connectivity index (χ1v) is 7.01. The van der Waals surface area contributed by atoms with Crippen LogP contribution in [0.5, 0.6) is 0 Å². The minimum Gasteiger partial charge on any atom is -0.300 e. The van der Waals surface area contributed by atoms with Gasteiger partial charge in [-0.25, -0.2) is 0 Å². The molecule has 0 aromatic heterocycles. The molecule has 106 valence electrons. The number of aryl methyl sites for hydroxylation is 3. The summed E-state index contributed by atoms with van der Waals surface area (Å²) in [6.07, 6.45) is 0. The van der Waals surface area contributed by atoms with Gasteiger partial charge in [-0.05, 0) is 37.5 Å². The van der Waals surface area contributed by atoms with E-state index in [9.17, 15) is 9.59 Å². The smallest absolute Gasteiger partial charge is 0.299 e. The van der Waals surface area contributed by atoms with Crippen molar-refractivity contribution in [1.29, 1.82) is 0 Å². The van der Waals surface area contributed by atoms with Crippen molar-refractivity contribution in [2.24, 2.45) is 0 Å². The van der Waals surface area contributed by atoms with Crippen LogP contribution in [-0.2, 0) is 11.3 Å². The van der Waals surface area contributed by atoms with E-state index in [0.29, 0.717) is 12.1 Å². The summed E-state index contributed by atoms with van der Waals surface area (Å²) in [7, 11) is 0. The maximum Gasteiger partial charge on any atom is 0.299 e. The summed E-state index contributed by atoms with van der Waals surface area (Å²) >= 11 is 0. The van der Waals surface area contributed by atoms with E-state index < -0.39 is 11.7 Å². The zero-order valence-corrected chi connectivity index (χ0v) is 12.4. The van der Waals surface area contributed by atoms with Gasteiger partial charge in [0.2, 0.25) is 0 Å². The summed E-state index contributed by atoms with van der Waals surface area (Å²) in [6.45, 7) is 6.27. The number of rotatable bonds is 2. The van der Waals surface area contributed by atoms with E-state index in [1.165, 1.54) is 5.56 Å². The van der Waals surface area contributed by atoms with Gasteiger partial charge in [0.05, 0.1) is 17.8 Å². The fraction of sp³-hybridized carbons (Fsp3) is 0.222. The Balaban J connectivity index is 2.05. The van der Waals surface area contributed by atoms with Crippen molar-refractivity contribution in [3.05, 3.63) is 64.2 Å².